The van der Waals surface area contributed by atoms with Crippen molar-refractivity contribution in [1.29, 1.82) is 0 Å². The van der Waals surface area contributed by atoms with Gasteiger partial charge in [-0.2, -0.15) is 9.59 Å². The van der Waals surface area contributed by atoms with E-state index in [-0.39, 0.29) is 76.1 Å². The van der Waals surface area contributed by atoms with Crippen molar-refractivity contribution in [3.63, 3.8) is 0 Å². The second-order valence-corrected chi connectivity index (χ2v) is 16.2. The van der Waals surface area contributed by atoms with Crippen molar-refractivity contribution in [2.24, 2.45) is 11.6 Å². The lowest BCUT2D eigenvalue weighted by molar-refractivity contribution is -0.192. The van der Waals surface area contributed by atoms with Gasteiger partial charge < -0.3 is 67.9 Å². The molecule has 28 heteroatoms. The summed E-state index contributed by atoms with van der Waals surface area (Å²) in [5.41, 5.74) is 2.93. The number of carboxylic acids is 5. The Morgan fingerprint density at radius 3 is 1.88 bits per heavy atom. The van der Waals surface area contributed by atoms with Gasteiger partial charge in [0, 0.05) is 44.0 Å². The van der Waals surface area contributed by atoms with Crippen molar-refractivity contribution >= 4 is 93.2 Å². The van der Waals surface area contributed by atoms with E-state index >= 15 is 0 Å². The molecule has 0 saturated carbocycles. The van der Waals surface area contributed by atoms with Gasteiger partial charge in [-0.25, -0.2) is 19.2 Å². The van der Waals surface area contributed by atoms with Crippen LogP contribution in [-0.2, 0) is 70.4 Å². The van der Waals surface area contributed by atoms with Crippen LogP contribution in [-0.4, -0.2) is 153 Å². The van der Waals surface area contributed by atoms with Crippen LogP contribution in [0.3, 0.4) is 0 Å². The molecule has 0 radical (unpaired) electrons. The highest BCUT2D eigenvalue weighted by molar-refractivity contribution is 8.76. The standard InChI is InChI=1S/C37H53N7O17S2.CO2/c38-18-32(53)61-12-13-62-63-20-26(35(57)58)43-33(54)23(16-30(49)50)15-27(45)25(17-31(51)52)42-28(46)14-21-6-8-22(9-7-21)19-41-36(59)39-10-2-1-4-24(34(55)56)44-37(60)40-11-3-5-29(47)48;2-1-3/h6-9,23-26H,1-5,10-20,38H2,(H,42,46)(H,43,54)(H,47,48)(H,49,50)(H,51,52)(H,55,56)(H,57,58)(H2,39,41,59)(H2,40,44,60);/t23-,24-,25-,26-;/m0./s1/i/hD. The summed E-state index contributed by atoms with van der Waals surface area (Å²) < 4.78 is 11.6. The highest BCUT2D eigenvalue weighted by Gasteiger charge is 2.33. The molecular weight excluding hydrogens is 923 g/mol. The van der Waals surface area contributed by atoms with Crippen LogP contribution in [0.25, 0.3) is 0 Å². The highest BCUT2D eigenvalue weighted by atomic mass is 33.1. The summed E-state index contributed by atoms with van der Waals surface area (Å²) >= 11 is 0. The fraction of sp³-hybridized carbons (Fsp3) is 0.526. The number of nitrogens with two attached hydrogens (primary N) is 1. The van der Waals surface area contributed by atoms with E-state index in [1.165, 1.54) is 0 Å². The maximum absolute atomic E-state index is 13.2. The molecule has 1 rings (SSSR count). The molecule has 0 aromatic heterocycles. The van der Waals surface area contributed by atoms with Crippen molar-refractivity contribution in [2.75, 3.05) is 37.7 Å². The van der Waals surface area contributed by atoms with Crippen LogP contribution in [0.4, 0.5) is 9.59 Å². The number of esters is 1. The number of carbonyl (C=O) groups is 11. The largest absolute Gasteiger partial charge is 0.481 e. The van der Waals surface area contributed by atoms with E-state index in [2.05, 4.69) is 31.9 Å². The summed E-state index contributed by atoms with van der Waals surface area (Å²) in [5.74, 6) is -11.9. The lowest BCUT2D eigenvalue weighted by Gasteiger charge is -2.21. The molecule has 366 valence electrons. The predicted octanol–water partition coefficient (Wildman–Crippen LogP) is -1.31. The van der Waals surface area contributed by atoms with E-state index in [0.717, 1.165) is 21.6 Å². The third kappa shape index (κ3) is 29.6. The maximum Gasteiger partial charge on any atom is 0.373 e. The molecule has 4 atom stereocenters. The molecule has 0 aliphatic rings. The molecule has 0 heterocycles. The quantitative estimate of drug-likeness (QED) is 0.0217. The first-order chi connectivity index (χ1) is 31.7. The van der Waals surface area contributed by atoms with Crippen LogP contribution in [0.2, 0.25) is 1.41 Å². The molecule has 0 unspecified atom stereocenters. The van der Waals surface area contributed by atoms with Crippen LogP contribution in [0.5, 0.6) is 0 Å². The van der Waals surface area contributed by atoms with Crippen molar-refractivity contribution in [3.05, 3.63) is 35.4 Å². The van der Waals surface area contributed by atoms with Crippen LogP contribution in [0.1, 0.15) is 62.5 Å². The summed E-state index contributed by atoms with van der Waals surface area (Å²) in [6.07, 6.45) is -1.92. The zero-order valence-electron chi connectivity index (χ0n) is 36.2. The normalized spacial score (nSPS) is 12.3. The molecule has 66 heavy (non-hydrogen) atoms. The number of rotatable bonds is 34. The number of amides is 6. The molecule has 0 fully saturated rings. The van der Waals surface area contributed by atoms with Crippen molar-refractivity contribution in [1.82, 2.24) is 31.9 Å². The Morgan fingerprint density at radius 2 is 1.29 bits per heavy atom. The number of Topliss-reactive ketones (excluding diaryl/α,β-unsaturated/α-hetero) is 1. The molecular formula is C38H53N7O19S2. The molecule has 26 nitrogen and oxygen atoms in total. The lowest BCUT2D eigenvalue weighted by atomic mass is 9.93. The molecule has 6 amide bonds. The van der Waals surface area contributed by atoms with E-state index < -0.39 is 109 Å². The van der Waals surface area contributed by atoms with Gasteiger partial charge in [0.25, 0.3) is 0 Å². The summed E-state index contributed by atoms with van der Waals surface area (Å²) in [4.78, 5) is 148. The zero-order chi connectivity index (χ0) is 50.7. The highest BCUT2D eigenvalue weighted by Crippen LogP contribution is 2.22. The average Bonchev–Trinajstić information content (AvgIpc) is 3.24. The van der Waals surface area contributed by atoms with Crippen LogP contribution in [0, 0.1) is 5.92 Å². The van der Waals surface area contributed by atoms with Gasteiger partial charge in [0.2, 0.25) is 11.8 Å². The van der Waals surface area contributed by atoms with Gasteiger partial charge in [0.15, 0.2) is 5.78 Å². The zero-order valence-corrected chi connectivity index (χ0v) is 36.8. The number of urea groups is 2. The number of ketones is 1. The number of hydrogen-bond acceptors (Lipinski definition) is 17. The van der Waals surface area contributed by atoms with Gasteiger partial charge in [-0.1, -0.05) is 45.9 Å². The monoisotopic (exact) mass is 976 g/mol. The molecule has 0 aliphatic heterocycles. The van der Waals surface area contributed by atoms with E-state index in [0.29, 0.717) is 24.0 Å². The second kappa shape index (κ2) is 34.6. The van der Waals surface area contributed by atoms with Crippen LogP contribution < -0.4 is 37.6 Å². The van der Waals surface area contributed by atoms with Crippen LogP contribution >= 0.6 is 21.6 Å². The third-order valence-electron chi connectivity index (χ3n) is 8.35. The first-order valence-corrected chi connectivity index (χ1v) is 22.1. The van der Waals surface area contributed by atoms with Gasteiger partial charge in [0.1, 0.15) is 20.1 Å². The van der Waals surface area contributed by atoms with E-state index in [1.807, 2.05) is 5.73 Å². The number of nitrogens with one attached hydrogen (secondary N) is 6. The van der Waals surface area contributed by atoms with Crippen molar-refractivity contribution in [2.45, 2.75) is 82.5 Å². The Morgan fingerprint density at radius 1 is 0.682 bits per heavy atom. The number of benzene rings is 1. The summed E-state index contributed by atoms with van der Waals surface area (Å²) in [5, 5.41) is 60.9. The Balaban J connectivity index is 0.0000141. The Bertz CT molecular complexity index is 1870. The lowest BCUT2D eigenvalue weighted by Crippen LogP contribution is -2.48. The summed E-state index contributed by atoms with van der Waals surface area (Å²) in [6.45, 7) is -0.0452. The number of ether oxygens (including phenoxy) is 1. The molecule has 0 saturated heterocycles. The van der Waals surface area contributed by atoms with Gasteiger partial charge in [-0.15, -0.1) is 0 Å². The Kier molecular flexibility index (Phi) is 30.0. The molecule has 13 N–H and O–H groups in total. The van der Waals surface area contributed by atoms with E-state index in [9.17, 15) is 73.2 Å². The number of hydrogen-bond donors (Lipinski definition) is 12. The summed E-state index contributed by atoms with van der Waals surface area (Å²) in [6, 6.07) is 0.611. The molecule has 1 aromatic rings. The molecule has 1 aromatic carbocycles. The van der Waals surface area contributed by atoms with Crippen LogP contribution in [0.15, 0.2) is 24.3 Å². The minimum absolute atomic E-state index is 0.0366. The third-order valence-corrected chi connectivity index (χ3v) is 10.7. The average molecular weight is 977 g/mol. The fourth-order valence-electron chi connectivity index (χ4n) is 5.19. The summed E-state index contributed by atoms with van der Waals surface area (Å²) in [7, 11) is 2.11. The first-order valence-electron chi connectivity index (χ1n) is 20.1. The van der Waals surface area contributed by atoms with Crippen molar-refractivity contribution < 1.29 is 94.0 Å². The van der Waals surface area contributed by atoms with E-state index in [4.69, 9.17) is 20.8 Å². The second-order valence-electron chi connectivity index (χ2n) is 13.6. The Hall–Kier alpha value is -6.77. The fourth-order valence-corrected chi connectivity index (χ4v) is 7.17. The van der Waals surface area contributed by atoms with Crippen molar-refractivity contribution in [3.8, 4) is 0 Å². The van der Waals surface area contributed by atoms with Gasteiger partial charge in [0.05, 0.1) is 37.8 Å². The maximum atomic E-state index is 13.2. The SMILES string of the molecule is O=C=O.[2H]NCC(=O)OCCSSC[C@H](NC(=O)[C@H](CC(=O)O)CC(=O)[C@H](CC(=O)O)NC(=O)Cc1ccc(CNC(=O)NCCCC[C@H](NC(=O)NCCCC(=O)O)C(=O)O)cc1)C(=O)O. The first kappa shape index (κ1) is 57.2. The van der Waals surface area contributed by atoms with Gasteiger partial charge in [-0.3, -0.25) is 33.6 Å². The smallest absolute Gasteiger partial charge is 0.373 e. The van der Waals surface area contributed by atoms with E-state index in [1.54, 1.807) is 24.3 Å². The molecule has 0 spiro atoms. The number of unbranched alkanes of at least 4 members (excludes halogenated alkanes) is 1. The number of carbonyl (C=O) groups excluding carboxylic acids is 8. The topological polar surface area (TPSA) is 430 Å². The van der Waals surface area contributed by atoms with Gasteiger partial charge >= 0.3 is 54.0 Å². The minimum Gasteiger partial charge on any atom is -0.481 e. The number of aliphatic carboxylic acids is 5. The molecule has 0 aliphatic carbocycles. The van der Waals surface area contributed by atoms with Gasteiger partial charge in [-0.05, 0) is 36.8 Å². The number of carboxylic acid groups (broad SMARTS) is 5. The minimum atomic E-state index is -1.67. The Labute approximate surface area is 385 Å². The molecule has 0 bridgehead atoms. The predicted molar refractivity (Wildman–Crippen MR) is 228 cm³/mol.